The van der Waals surface area contributed by atoms with Crippen molar-refractivity contribution in [3.05, 3.63) is 38.7 Å². The van der Waals surface area contributed by atoms with E-state index in [9.17, 15) is 9.59 Å². The van der Waals surface area contributed by atoms with E-state index in [1.165, 1.54) is 0 Å². The number of amides is 1. The van der Waals surface area contributed by atoms with Gasteiger partial charge in [-0.1, -0.05) is 11.6 Å². The summed E-state index contributed by atoms with van der Waals surface area (Å²) in [6.45, 7) is 5.74. The molecule has 1 aliphatic rings. The Morgan fingerprint density at radius 3 is 2.86 bits per heavy atom. The first-order valence-electron chi connectivity index (χ1n) is 10.0. The van der Waals surface area contributed by atoms with Crippen molar-refractivity contribution < 1.29 is 18.7 Å². The summed E-state index contributed by atoms with van der Waals surface area (Å²) in [7, 11) is 1.71. The third-order valence-corrected chi connectivity index (χ3v) is 5.99. The van der Waals surface area contributed by atoms with Crippen LogP contribution in [-0.2, 0) is 9.53 Å². The molecule has 1 aliphatic heterocycles. The maximum atomic E-state index is 12.6. The number of ether oxygens (including phenoxy) is 2. The molecule has 1 aromatic carbocycles. The first-order chi connectivity index (χ1) is 13.9. The molecule has 1 aromatic heterocycles. The first-order valence-corrected chi connectivity index (χ1v) is 10.4. The van der Waals surface area contributed by atoms with Crippen molar-refractivity contribution in [1.29, 1.82) is 0 Å². The number of piperidine rings is 1. The predicted octanol–water partition coefficient (Wildman–Crippen LogP) is 4.11. The summed E-state index contributed by atoms with van der Waals surface area (Å²) in [5, 5.41) is 1.15. The maximum absolute atomic E-state index is 12.6. The maximum Gasteiger partial charge on any atom is 0.339 e. The highest BCUT2D eigenvalue weighted by Gasteiger charge is 2.24. The number of rotatable bonds is 7. The van der Waals surface area contributed by atoms with Crippen molar-refractivity contribution in [2.24, 2.45) is 5.92 Å². The molecule has 6 nitrogen and oxygen atoms in total. The van der Waals surface area contributed by atoms with Crippen LogP contribution in [0.5, 0.6) is 5.75 Å². The fourth-order valence-electron chi connectivity index (χ4n) is 3.83. The van der Waals surface area contributed by atoms with Crippen molar-refractivity contribution in [1.82, 2.24) is 4.90 Å². The highest BCUT2D eigenvalue weighted by molar-refractivity contribution is 6.32. The highest BCUT2D eigenvalue weighted by atomic mass is 35.5. The molecule has 0 aliphatic carbocycles. The standard InChI is InChI=1S/C22H28ClNO5/c1-14-15(2)22(26)29-19-11-20(18(23)10-17(14)19)28-13-21(25)24-8-4-6-16(12-24)7-5-9-27-3/h10-11,16H,4-9,12-13H2,1-3H3. The minimum Gasteiger partial charge on any atom is -0.482 e. The van der Waals surface area contributed by atoms with Crippen LogP contribution in [0, 0.1) is 19.8 Å². The number of halogens is 1. The fraction of sp³-hybridized carbons (Fsp3) is 0.545. The van der Waals surface area contributed by atoms with Crippen LogP contribution in [0.15, 0.2) is 21.3 Å². The molecule has 1 fully saturated rings. The number of carbonyl (C=O) groups excluding carboxylic acids is 1. The average molecular weight is 422 g/mol. The van der Waals surface area contributed by atoms with Crippen molar-refractivity contribution in [2.45, 2.75) is 39.5 Å². The summed E-state index contributed by atoms with van der Waals surface area (Å²) in [6, 6.07) is 3.30. The van der Waals surface area contributed by atoms with E-state index in [1.54, 1.807) is 26.2 Å². The van der Waals surface area contributed by atoms with E-state index in [-0.39, 0.29) is 18.1 Å². The van der Waals surface area contributed by atoms with Gasteiger partial charge in [0.05, 0.1) is 5.02 Å². The average Bonchev–Trinajstić information content (AvgIpc) is 2.71. The van der Waals surface area contributed by atoms with Gasteiger partial charge in [0.2, 0.25) is 0 Å². The summed E-state index contributed by atoms with van der Waals surface area (Å²) in [5.74, 6) is 0.791. The molecule has 1 unspecified atom stereocenters. The molecule has 29 heavy (non-hydrogen) atoms. The quantitative estimate of drug-likeness (QED) is 0.497. The number of nitrogens with zero attached hydrogens (tertiary/aromatic N) is 1. The van der Waals surface area contributed by atoms with E-state index in [0.29, 0.717) is 27.8 Å². The van der Waals surface area contributed by atoms with Crippen LogP contribution in [0.25, 0.3) is 11.0 Å². The second kappa shape index (κ2) is 9.63. The Morgan fingerprint density at radius 1 is 1.31 bits per heavy atom. The predicted molar refractivity (Wildman–Crippen MR) is 113 cm³/mol. The number of carbonyl (C=O) groups is 1. The van der Waals surface area contributed by atoms with Gasteiger partial charge in [-0.15, -0.1) is 0 Å². The molecule has 158 valence electrons. The van der Waals surface area contributed by atoms with Gasteiger partial charge in [-0.25, -0.2) is 4.79 Å². The first kappa shape index (κ1) is 21.7. The molecular formula is C22H28ClNO5. The van der Waals surface area contributed by atoms with Crippen LogP contribution in [-0.4, -0.2) is 44.2 Å². The van der Waals surface area contributed by atoms with Gasteiger partial charge in [0.15, 0.2) is 6.61 Å². The number of methoxy groups -OCH3 is 1. The van der Waals surface area contributed by atoms with Gasteiger partial charge in [0, 0.05) is 43.8 Å². The summed E-state index contributed by atoms with van der Waals surface area (Å²) in [4.78, 5) is 26.4. The molecule has 1 amide bonds. The van der Waals surface area contributed by atoms with Crippen molar-refractivity contribution in [3.63, 3.8) is 0 Å². The number of fused-ring (bicyclic) bond motifs is 1. The van der Waals surface area contributed by atoms with Gasteiger partial charge < -0.3 is 18.8 Å². The molecule has 7 heteroatoms. The zero-order valence-corrected chi connectivity index (χ0v) is 18.0. The summed E-state index contributed by atoms with van der Waals surface area (Å²) >= 11 is 6.35. The van der Waals surface area contributed by atoms with Gasteiger partial charge >= 0.3 is 5.63 Å². The van der Waals surface area contributed by atoms with E-state index >= 15 is 0 Å². The number of benzene rings is 1. The lowest BCUT2D eigenvalue weighted by Crippen LogP contribution is -2.42. The third-order valence-electron chi connectivity index (χ3n) is 5.69. The summed E-state index contributed by atoms with van der Waals surface area (Å²) in [5.41, 5.74) is 1.41. The Bertz CT molecular complexity index is 939. The second-order valence-corrected chi connectivity index (χ2v) is 8.10. The Hall–Kier alpha value is -2.05. The Balaban J connectivity index is 1.65. The lowest BCUT2D eigenvalue weighted by molar-refractivity contribution is -0.135. The monoisotopic (exact) mass is 421 g/mol. The molecule has 1 saturated heterocycles. The molecule has 0 saturated carbocycles. The Morgan fingerprint density at radius 2 is 2.10 bits per heavy atom. The molecule has 0 radical (unpaired) electrons. The Labute approximate surface area is 175 Å². The van der Waals surface area contributed by atoms with Crippen LogP contribution in [0.2, 0.25) is 5.02 Å². The molecule has 2 aromatic rings. The van der Waals surface area contributed by atoms with Gasteiger partial charge in [-0.05, 0) is 57.1 Å². The Kier molecular flexibility index (Phi) is 7.19. The molecule has 0 N–H and O–H groups in total. The number of hydrogen-bond acceptors (Lipinski definition) is 5. The van der Waals surface area contributed by atoms with Crippen molar-refractivity contribution in [3.8, 4) is 5.75 Å². The van der Waals surface area contributed by atoms with Crippen molar-refractivity contribution in [2.75, 3.05) is 33.4 Å². The van der Waals surface area contributed by atoms with E-state index in [1.807, 2.05) is 11.8 Å². The topological polar surface area (TPSA) is 69.0 Å². The second-order valence-electron chi connectivity index (χ2n) is 7.69. The minimum atomic E-state index is -0.382. The minimum absolute atomic E-state index is 0.0563. The van der Waals surface area contributed by atoms with Crippen LogP contribution in [0.1, 0.15) is 36.8 Å². The molecule has 1 atom stereocenters. The fourth-order valence-corrected chi connectivity index (χ4v) is 4.05. The van der Waals surface area contributed by atoms with E-state index < -0.39 is 0 Å². The van der Waals surface area contributed by atoms with Crippen LogP contribution in [0.4, 0.5) is 0 Å². The summed E-state index contributed by atoms with van der Waals surface area (Å²) in [6.07, 6.45) is 4.22. The zero-order valence-electron chi connectivity index (χ0n) is 17.3. The smallest absolute Gasteiger partial charge is 0.339 e. The van der Waals surface area contributed by atoms with Gasteiger partial charge in [-0.3, -0.25) is 4.79 Å². The lowest BCUT2D eigenvalue weighted by atomic mass is 9.93. The summed E-state index contributed by atoms with van der Waals surface area (Å²) < 4.78 is 16.2. The molecule has 2 heterocycles. The van der Waals surface area contributed by atoms with Crippen molar-refractivity contribution >= 4 is 28.5 Å². The molecular weight excluding hydrogens is 394 g/mol. The number of likely N-dealkylation sites (tertiary alicyclic amines) is 1. The van der Waals surface area contributed by atoms with Gasteiger partial charge in [-0.2, -0.15) is 0 Å². The van der Waals surface area contributed by atoms with E-state index in [0.717, 1.165) is 56.3 Å². The SMILES string of the molecule is COCCCC1CCCN(C(=O)COc2cc3oc(=O)c(C)c(C)c3cc2Cl)C1. The molecule has 3 rings (SSSR count). The lowest BCUT2D eigenvalue weighted by Gasteiger charge is -2.32. The largest absolute Gasteiger partial charge is 0.482 e. The highest BCUT2D eigenvalue weighted by Crippen LogP contribution is 2.32. The normalized spacial score (nSPS) is 17.0. The molecule has 0 bridgehead atoms. The van der Waals surface area contributed by atoms with Crippen LogP contribution >= 0.6 is 11.6 Å². The molecule has 0 spiro atoms. The van der Waals surface area contributed by atoms with Crippen LogP contribution < -0.4 is 10.4 Å². The van der Waals surface area contributed by atoms with Gasteiger partial charge in [0.25, 0.3) is 5.91 Å². The third kappa shape index (κ3) is 5.11. The number of aryl methyl sites for hydroxylation is 1. The van der Waals surface area contributed by atoms with Gasteiger partial charge in [0.1, 0.15) is 11.3 Å². The van der Waals surface area contributed by atoms with E-state index in [2.05, 4.69) is 0 Å². The van der Waals surface area contributed by atoms with E-state index in [4.69, 9.17) is 25.5 Å². The van der Waals surface area contributed by atoms with Crippen LogP contribution in [0.3, 0.4) is 0 Å². The number of hydrogen-bond donors (Lipinski definition) is 0. The zero-order chi connectivity index (χ0) is 21.0.